The van der Waals surface area contributed by atoms with Crippen LogP contribution in [0.3, 0.4) is 0 Å². The number of carbonyl (C=O) groups excluding carboxylic acids is 1. The highest BCUT2D eigenvalue weighted by Gasteiger charge is 2.09. The highest BCUT2D eigenvalue weighted by atomic mass is 79.9. The Bertz CT molecular complexity index is 673. The van der Waals surface area contributed by atoms with Gasteiger partial charge in [0.15, 0.2) is 0 Å². The second-order valence-electron chi connectivity index (χ2n) is 4.56. The molecule has 0 saturated carbocycles. The van der Waals surface area contributed by atoms with Gasteiger partial charge in [0.1, 0.15) is 0 Å². The normalized spacial score (nSPS) is 10.4. The Morgan fingerprint density at radius 3 is 2.76 bits per heavy atom. The van der Waals surface area contributed by atoms with Crippen molar-refractivity contribution in [2.75, 3.05) is 12.8 Å². The van der Waals surface area contributed by atoms with E-state index in [1.54, 1.807) is 23.9 Å². The zero-order valence-corrected chi connectivity index (χ0v) is 14.3. The molecule has 0 heterocycles. The molecule has 0 aliphatic rings. The van der Waals surface area contributed by atoms with E-state index < -0.39 is 0 Å². The Balaban J connectivity index is 2.13. The molecule has 0 bridgehead atoms. The van der Waals surface area contributed by atoms with Crippen LogP contribution in [0, 0.1) is 6.92 Å². The van der Waals surface area contributed by atoms with Crippen molar-refractivity contribution in [3.05, 3.63) is 57.6 Å². The first-order valence-corrected chi connectivity index (χ1v) is 8.15. The first kappa shape index (κ1) is 15.9. The molecule has 110 valence electrons. The molecule has 0 aromatic heterocycles. The van der Waals surface area contributed by atoms with Gasteiger partial charge in [0.05, 0.1) is 12.7 Å². The van der Waals surface area contributed by atoms with Crippen LogP contribution < -0.4 is 5.73 Å². The number of nitrogens with two attached hydrogens (primary N) is 1. The fourth-order valence-corrected chi connectivity index (χ4v) is 3.63. The van der Waals surface area contributed by atoms with Gasteiger partial charge < -0.3 is 10.5 Å². The van der Waals surface area contributed by atoms with Gasteiger partial charge in [0, 0.05) is 20.8 Å². The van der Waals surface area contributed by atoms with E-state index in [1.165, 1.54) is 12.0 Å². The molecule has 0 saturated heterocycles. The Labute approximate surface area is 137 Å². The van der Waals surface area contributed by atoms with Gasteiger partial charge in [-0.3, -0.25) is 0 Å². The van der Waals surface area contributed by atoms with Crippen molar-refractivity contribution in [3.63, 3.8) is 0 Å². The first-order chi connectivity index (χ1) is 10.0. The van der Waals surface area contributed by atoms with Gasteiger partial charge in [0.25, 0.3) is 0 Å². The van der Waals surface area contributed by atoms with Crippen LogP contribution in [0.25, 0.3) is 0 Å². The number of benzene rings is 2. The van der Waals surface area contributed by atoms with Crippen molar-refractivity contribution in [1.82, 2.24) is 0 Å². The van der Waals surface area contributed by atoms with Crippen LogP contribution in [0.1, 0.15) is 21.5 Å². The van der Waals surface area contributed by atoms with Gasteiger partial charge in [-0.05, 0) is 42.3 Å². The summed E-state index contributed by atoms with van der Waals surface area (Å²) in [6.45, 7) is 2.02. The number of carbonyl (C=O) groups is 1. The molecule has 0 atom stereocenters. The molecule has 0 fully saturated rings. The predicted molar refractivity (Wildman–Crippen MR) is 90.6 cm³/mol. The molecule has 0 amide bonds. The maximum atomic E-state index is 11.5. The number of hydrogen-bond donors (Lipinski definition) is 1. The molecular weight excluding hydrogens is 350 g/mol. The molecule has 0 spiro atoms. The zero-order valence-electron chi connectivity index (χ0n) is 11.9. The highest BCUT2D eigenvalue weighted by Crippen LogP contribution is 2.31. The van der Waals surface area contributed by atoms with E-state index in [-0.39, 0.29) is 5.97 Å². The maximum absolute atomic E-state index is 11.5. The van der Waals surface area contributed by atoms with E-state index in [2.05, 4.69) is 22.0 Å². The van der Waals surface area contributed by atoms with Gasteiger partial charge in [-0.15, -0.1) is 11.8 Å². The topological polar surface area (TPSA) is 52.3 Å². The molecule has 0 aliphatic heterocycles. The number of halogens is 1. The first-order valence-electron chi connectivity index (χ1n) is 6.37. The van der Waals surface area contributed by atoms with Crippen molar-refractivity contribution in [3.8, 4) is 0 Å². The molecule has 0 radical (unpaired) electrons. The maximum Gasteiger partial charge on any atom is 0.337 e. The van der Waals surface area contributed by atoms with Crippen LogP contribution in [0.15, 0.2) is 45.8 Å². The molecule has 21 heavy (non-hydrogen) atoms. The molecular formula is C16H16BrNO2S. The largest absolute Gasteiger partial charge is 0.465 e. The SMILES string of the molecule is COC(=O)c1ccc(CSc2cccc(N)c2C)c(Br)c1. The van der Waals surface area contributed by atoms with Crippen LogP contribution in [0.5, 0.6) is 0 Å². The number of thioether (sulfide) groups is 1. The van der Waals surface area contributed by atoms with Gasteiger partial charge in [-0.1, -0.05) is 28.1 Å². The lowest BCUT2D eigenvalue weighted by molar-refractivity contribution is 0.0600. The lowest BCUT2D eigenvalue weighted by atomic mass is 10.1. The van der Waals surface area contributed by atoms with Crippen LogP contribution in [-0.2, 0) is 10.5 Å². The van der Waals surface area contributed by atoms with Crippen molar-refractivity contribution in [1.29, 1.82) is 0 Å². The number of anilines is 1. The number of esters is 1. The lowest BCUT2D eigenvalue weighted by Gasteiger charge is -2.09. The van der Waals surface area contributed by atoms with Crippen LogP contribution >= 0.6 is 27.7 Å². The van der Waals surface area contributed by atoms with Crippen molar-refractivity contribution >= 4 is 39.3 Å². The molecule has 2 aromatic carbocycles. The molecule has 2 aromatic rings. The van der Waals surface area contributed by atoms with Gasteiger partial charge in [0.2, 0.25) is 0 Å². The third-order valence-electron chi connectivity index (χ3n) is 3.18. The van der Waals surface area contributed by atoms with E-state index in [0.717, 1.165) is 27.0 Å². The average molecular weight is 366 g/mol. The van der Waals surface area contributed by atoms with E-state index in [0.29, 0.717) is 5.56 Å². The standard InChI is InChI=1S/C16H16BrNO2S/c1-10-14(18)4-3-5-15(10)21-9-12-7-6-11(8-13(12)17)16(19)20-2/h3-8H,9,18H2,1-2H3. The number of rotatable bonds is 4. The summed E-state index contributed by atoms with van der Waals surface area (Å²) >= 11 is 5.23. The molecule has 0 unspecified atom stereocenters. The summed E-state index contributed by atoms with van der Waals surface area (Å²) in [7, 11) is 1.38. The number of hydrogen-bond acceptors (Lipinski definition) is 4. The predicted octanol–water partition coefficient (Wildman–Crippen LogP) is 4.42. The van der Waals surface area contributed by atoms with E-state index in [9.17, 15) is 4.79 Å². The Morgan fingerprint density at radius 1 is 1.33 bits per heavy atom. The minimum atomic E-state index is -0.332. The number of ether oxygens (including phenoxy) is 1. The quantitative estimate of drug-likeness (QED) is 0.495. The van der Waals surface area contributed by atoms with Crippen molar-refractivity contribution in [2.45, 2.75) is 17.6 Å². The molecule has 2 rings (SSSR count). The highest BCUT2D eigenvalue weighted by molar-refractivity contribution is 9.10. The second-order valence-corrected chi connectivity index (χ2v) is 6.43. The fourth-order valence-electron chi connectivity index (χ4n) is 1.85. The molecule has 0 aliphatic carbocycles. The average Bonchev–Trinajstić information content (AvgIpc) is 2.49. The number of nitrogen functional groups attached to an aromatic ring is 1. The summed E-state index contributed by atoms with van der Waals surface area (Å²) in [5.74, 6) is 0.466. The molecule has 3 nitrogen and oxygen atoms in total. The van der Waals surface area contributed by atoms with Gasteiger partial charge in [-0.2, -0.15) is 0 Å². The summed E-state index contributed by atoms with van der Waals surface area (Å²) in [6.07, 6.45) is 0. The third kappa shape index (κ3) is 3.80. The zero-order chi connectivity index (χ0) is 15.4. The Kier molecular flexibility index (Phi) is 5.31. The van der Waals surface area contributed by atoms with Gasteiger partial charge in [-0.25, -0.2) is 4.79 Å². The fraction of sp³-hybridized carbons (Fsp3) is 0.188. The van der Waals surface area contributed by atoms with E-state index >= 15 is 0 Å². The van der Waals surface area contributed by atoms with E-state index in [1.807, 2.05) is 25.1 Å². The van der Waals surface area contributed by atoms with Crippen LogP contribution in [-0.4, -0.2) is 13.1 Å². The van der Waals surface area contributed by atoms with Gasteiger partial charge >= 0.3 is 5.97 Å². The summed E-state index contributed by atoms with van der Waals surface area (Å²) < 4.78 is 5.61. The second kappa shape index (κ2) is 7.00. The summed E-state index contributed by atoms with van der Waals surface area (Å²) in [6, 6.07) is 11.4. The summed E-state index contributed by atoms with van der Waals surface area (Å²) in [5, 5.41) is 0. The monoisotopic (exact) mass is 365 g/mol. The van der Waals surface area contributed by atoms with Crippen LogP contribution in [0.4, 0.5) is 5.69 Å². The van der Waals surface area contributed by atoms with Crippen molar-refractivity contribution in [2.24, 2.45) is 0 Å². The number of methoxy groups -OCH3 is 1. The van der Waals surface area contributed by atoms with Crippen LogP contribution in [0.2, 0.25) is 0 Å². The summed E-state index contributed by atoms with van der Waals surface area (Å²) in [5.41, 5.74) is 9.48. The molecule has 2 N–H and O–H groups in total. The smallest absolute Gasteiger partial charge is 0.337 e. The lowest BCUT2D eigenvalue weighted by Crippen LogP contribution is -2.01. The summed E-state index contributed by atoms with van der Waals surface area (Å²) in [4.78, 5) is 12.6. The van der Waals surface area contributed by atoms with E-state index in [4.69, 9.17) is 10.5 Å². The van der Waals surface area contributed by atoms with Crippen molar-refractivity contribution < 1.29 is 9.53 Å². The third-order valence-corrected chi connectivity index (χ3v) is 5.13. The minimum absolute atomic E-state index is 0.332. The minimum Gasteiger partial charge on any atom is -0.465 e. The Hall–Kier alpha value is -1.46. The Morgan fingerprint density at radius 2 is 2.10 bits per heavy atom. The molecule has 5 heteroatoms.